The molecule has 1 aromatic carbocycles. The standard InChI is InChI=1S/C28H29F3N6O4/c1-17-12-14-22(40-17)25(27(39)32-19-8-4-3-5-9-19)37(21-11-7-6-10-20(21)28(29,30)31)24(38)16-36-34-26(33-35-36)23-15-13-18(2)41-23/h6-7,10-15,19,25H,3-5,8-9,16H2,1-2H3,(H,32,39)/t25-/m1/s1. The van der Waals surface area contributed by atoms with Gasteiger partial charge in [-0.3, -0.25) is 14.5 Å². The second kappa shape index (κ2) is 11.6. The number of aryl methyl sites for hydroxylation is 2. The minimum Gasteiger partial charge on any atom is -0.464 e. The summed E-state index contributed by atoms with van der Waals surface area (Å²) in [5.41, 5.74) is -1.57. The minimum atomic E-state index is -4.81. The van der Waals surface area contributed by atoms with Gasteiger partial charge in [-0.15, -0.1) is 10.2 Å². The van der Waals surface area contributed by atoms with Crippen LogP contribution >= 0.6 is 0 Å². The SMILES string of the molecule is Cc1ccc(-c2nnn(CC(=O)N(c3ccccc3C(F)(F)F)[C@@H](C(=O)NC3CCCCC3)c3ccc(C)o3)n2)o1. The Morgan fingerprint density at radius 2 is 1.73 bits per heavy atom. The molecule has 0 radical (unpaired) electrons. The number of amides is 2. The molecule has 1 aliphatic rings. The highest BCUT2D eigenvalue weighted by Gasteiger charge is 2.42. The summed E-state index contributed by atoms with van der Waals surface area (Å²) in [6.45, 7) is 2.78. The number of halogens is 3. The number of anilines is 1. The molecule has 41 heavy (non-hydrogen) atoms. The molecule has 1 atom stereocenters. The third-order valence-corrected chi connectivity index (χ3v) is 6.92. The lowest BCUT2D eigenvalue weighted by atomic mass is 9.95. The summed E-state index contributed by atoms with van der Waals surface area (Å²) in [6, 6.07) is 9.34. The second-order valence-electron chi connectivity index (χ2n) is 10.0. The van der Waals surface area contributed by atoms with Crippen molar-refractivity contribution in [2.75, 3.05) is 4.90 Å². The average Bonchev–Trinajstić information content (AvgIpc) is 3.68. The Balaban J connectivity index is 1.56. The molecule has 3 aromatic heterocycles. The highest BCUT2D eigenvalue weighted by Crippen LogP contribution is 2.40. The van der Waals surface area contributed by atoms with Crippen LogP contribution in [0, 0.1) is 13.8 Å². The van der Waals surface area contributed by atoms with Crippen molar-refractivity contribution >= 4 is 17.5 Å². The third-order valence-electron chi connectivity index (χ3n) is 6.92. The number of tetrazole rings is 1. The number of para-hydroxylation sites is 1. The van der Waals surface area contributed by atoms with Crippen LogP contribution < -0.4 is 10.2 Å². The zero-order chi connectivity index (χ0) is 29.1. The number of hydrogen-bond acceptors (Lipinski definition) is 7. The van der Waals surface area contributed by atoms with Crippen LogP contribution in [0.5, 0.6) is 0 Å². The summed E-state index contributed by atoms with van der Waals surface area (Å²) in [5.74, 6) is -0.0303. The van der Waals surface area contributed by atoms with E-state index in [0.29, 0.717) is 17.3 Å². The van der Waals surface area contributed by atoms with Crippen LogP contribution in [0.2, 0.25) is 0 Å². The number of carbonyl (C=O) groups is 2. The monoisotopic (exact) mass is 570 g/mol. The molecule has 0 bridgehead atoms. The minimum absolute atomic E-state index is 0.0273. The van der Waals surface area contributed by atoms with Crippen LogP contribution in [-0.4, -0.2) is 38.1 Å². The van der Waals surface area contributed by atoms with Crippen molar-refractivity contribution in [2.45, 2.75) is 70.8 Å². The van der Waals surface area contributed by atoms with E-state index in [9.17, 15) is 22.8 Å². The van der Waals surface area contributed by atoms with Crippen molar-refractivity contribution in [2.24, 2.45) is 0 Å². The van der Waals surface area contributed by atoms with E-state index in [1.54, 1.807) is 32.0 Å². The van der Waals surface area contributed by atoms with Gasteiger partial charge >= 0.3 is 6.18 Å². The van der Waals surface area contributed by atoms with Gasteiger partial charge in [0.15, 0.2) is 11.8 Å². The summed E-state index contributed by atoms with van der Waals surface area (Å²) in [6.07, 6.45) is -0.452. The first-order chi connectivity index (χ1) is 19.6. The molecule has 3 heterocycles. The summed E-state index contributed by atoms with van der Waals surface area (Å²) in [4.78, 5) is 29.5. The van der Waals surface area contributed by atoms with Crippen LogP contribution in [0.1, 0.15) is 61.0 Å². The topological polar surface area (TPSA) is 119 Å². The molecule has 4 aromatic rings. The summed E-state index contributed by atoms with van der Waals surface area (Å²) in [7, 11) is 0. The number of carbonyl (C=O) groups excluding carboxylic acids is 2. The molecule has 2 amide bonds. The van der Waals surface area contributed by atoms with Gasteiger partial charge in [0.2, 0.25) is 5.82 Å². The first kappa shape index (κ1) is 28.1. The Kier molecular flexibility index (Phi) is 7.95. The van der Waals surface area contributed by atoms with E-state index in [2.05, 4.69) is 20.7 Å². The van der Waals surface area contributed by atoms with Crippen molar-refractivity contribution in [3.8, 4) is 11.6 Å². The van der Waals surface area contributed by atoms with E-state index in [4.69, 9.17) is 8.83 Å². The fourth-order valence-electron chi connectivity index (χ4n) is 5.00. The van der Waals surface area contributed by atoms with Gasteiger partial charge in [-0.2, -0.15) is 18.0 Å². The largest absolute Gasteiger partial charge is 0.464 e. The van der Waals surface area contributed by atoms with Crippen LogP contribution in [-0.2, 0) is 22.3 Å². The maximum Gasteiger partial charge on any atom is 0.418 e. The molecule has 1 fully saturated rings. The highest BCUT2D eigenvalue weighted by molar-refractivity contribution is 6.01. The molecule has 5 rings (SSSR count). The third kappa shape index (κ3) is 6.34. The van der Waals surface area contributed by atoms with Crippen molar-refractivity contribution in [1.29, 1.82) is 0 Å². The molecule has 0 unspecified atom stereocenters. The van der Waals surface area contributed by atoms with Gasteiger partial charge in [0, 0.05) is 6.04 Å². The van der Waals surface area contributed by atoms with Gasteiger partial charge in [-0.05, 0) is 68.3 Å². The van der Waals surface area contributed by atoms with Gasteiger partial charge < -0.3 is 14.2 Å². The molecule has 10 nitrogen and oxygen atoms in total. The molecule has 13 heteroatoms. The molecule has 216 valence electrons. The zero-order valence-electron chi connectivity index (χ0n) is 22.5. The Bertz CT molecular complexity index is 1520. The number of furan rings is 2. The van der Waals surface area contributed by atoms with Crippen molar-refractivity contribution in [1.82, 2.24) is 25.5 Å². The van der Waals surface area contributed by atoms with E-state index >= 15 is 0 Å². The number of alkyl halides is 3. The van der Waals surface area contributed by atoms with Crippen LogP contribution in [0.4, 0.5) is 18.9 Å². The van der Waals surface area contributed by atoms with Gasteiger partial charge in [0.05, 0.1) is 11.3 Å². The Hall–Kier alpha value is -4.42. The molecule has 1 saturated carbocycles. The molecule has 0 saturated heterocycles. The Morgan fingerprint density at radius 1 is 1.02 bits per heavy atom. The number of hydrogen-bond donors (Lipinski definition) is 1. The maximum absolute atomic E-state index is 14.2. The van der Waals surface area contributed by atoms with Crippen molar-refractivity contribution in [3.63, 3.8) is 0 Å². The quantitative estimate of drug-likeness (QED) is 0.302. The van der Waals surface area contributed by atoms with Gasteiger partial charge in [0.25, 0.3) is 11.8 Å². The Morgan fingerprint density at radius 3 is 2.39 bits per heavy atom. The lowest BCUT2D eigenvalue weighted by Crippen LogP contribution is -2.48. The maximum atomic E-state index is 14.2. The highest BCUT2D eigenvalue weighted by atomic mass is 19.4. The lowest BCUT2D eigenvalue weighted by Gasteiger charge is -2.33. The van der Waals surface area contributed by atoms with Crippen LogP contribution in [0.15, 0.2) is 57.4 Å². The smallest absolute Gasteiger partial charge is 0.418 e. The first-order valence-corrected chi connectivity index (χ1v) is 13.3. The fourth-order valence-corrected chi connectivity index (χ4v) is 5.00. The average molecular weight is 571 g/mol. The number of rotatable bonds is 8. The number of aromatic nitrogens is 4. The van der Waals surface area contributed by atoms with E-state index < -0.39 is 41.8 Å². The summed E-state index contributed by atoms with van der Waals surface area (Å²) < 4.78 is 53.9. The Labute approximate surface area is 233 Å². The molecule has 0 spiro atoms. The second-order valence-corrected chi connectivity index (χ2v) is 10.0. The number of nitrogens with one attached hydrogen (secondary N) is 1. The van der Waals surface area contributed by atoms with Crippen molar-refractivity contribution in [3.05, 3.63) is 71.4 Å². The molecular weight excluding hydrogens is 541 g/mol. The predicted molar refractivity (Wildman–Crippen MR) is 140 cm³/mol. The van der Waals surface area contributed by atoms with Gasteiger partial charge in [-0.1, -0.05) is 31.4 Å². The van der Waals surface area contributed by atoms with E-state index in [-0.39, 0.29) is 17.6 Å². The van der Waals surface area contributed by atoms with Gasteiger partial charge in [0.1, 0.15) is 23.8 Å². The van der Waals surface area contributed by atoms with E-state index in [1.165, 1.54) is 18.2 Å². The molecule has 0 aliphatic heterocycles. The number of benzene rings is 1. The van der Waals surface area contributed by atoms with Crippen molar-refractivity contribution < 1.29 is 31.6 Å². The summed E-state index contributed by atoms with van der Waals surface area (Å²) >= 11 is 0. The normalized spacial score (nSPS) is 15.0. The predicted octanol–water partition coefficient (Wildman–Crippen LogP) is 5.39. The van der Waals surface area contributed by atoms with E-state index in [1.807, 2.05) is 0 Å². The van der Waals surface area contributed by atoms with Gasteiger partial charge in [-0.25, -0.2) is 0 Å². The fraction of sp³-hybridized carbons (Fsp3) is 0.393. The zero-order valence-corrected chi connectivity index (χ0v) is 22.5. The summed E-state index contributed by atoms with van der Waals surface area (Å²) in [5, 5.41) is 14.9. The van der Waals surface area contributed by atoms with Crippen LogP contribution in [0.25, 0.3) is 11.6 Å². The lowest BCUT2D eigenvalue weighted by molar-refractivity contribution is -0.137. The molecule has 1 aliphatic carbocycles. The van der Waals surface area contributed by atoms with Crippen LogP contribution in [0.3, 0.4) is 0 Å². The first-order valence-electron chi connectivity index (χ1n) is 13.3. The van der Waals surface area contributed by atoms with E-state index in [0.717, 1.165) is 53.9 Å². The molecular formula is C28H29F3N6O4. The number of nitrogens with zero attached hydrogens (tertiary/aromatic N) is 5. The molecule has 1 N–H and O–H groups in total.